The van der Waals surface area contributed by atoms with E-state index in [1.54, 1.807) is 11.3 Å². The Hall–Kier alpha value is -1.13. The largest absolute Gasteiger partial charge is 0.478 e. The maximum absolute atomic E-state index is 12.0. The Morgan fingerprint density at radius 3 is 2.65 bits per heavy atom. The number of nitrogens with zero attached hydrogens (tertiary/aromatic N) is 1. The number of carboxylic acids is 1. The summed E-state index contributed by atoms with van der Waals surface area (Å²) in [7, 11) is 4.17. The Morgan fingerprint density at radius 1 is 1.26 bits per heavy atom. The summed E-state index contributed by atoms with van der Waals surface area (Å²) in [6.45, 7) is 5.46. The number of allylic oxidation sites excluding steroid dienone is 1. The van der Waals surface area contributed by atoms with Gasteiger partial charge in [-0.3, -0.25) is 0 Å². The fourth-order valence-corrected chi connectivity index (χ4v) is 5.43. The van der Waals surface area contributed by atoms with Crippen molar-refractivity contribution in [2.45, 2.75) is 52.4 Å². The van der Waals surface area contributed by atoms with Crippen LogP contribution in [0.5, 0.6) is 0 Å². The molecular weight excluding hydrogens is 306 g/mol. The van der Waals surface area contributed by atoms with Crippen molar-refractivity contribution >= 4 is 22.9 Å². The van der Waals surface area contributed by atoms with Gasteiger partial charge in [0.15, 0.2) is 0 Å². The second-order valence-corrected chi connectivity index (χ2v) is 9.13. The molecule has 0 unspecified atom stereocenters. The third-order valence-corrected chi connectivity index (χ3v) is 6.45. The van der Waals surface area contributed by atoms with E-state index in [1.807, 2.05) is 0 Å². The minimum atomic E-state index is -0.737. The Kier molecular flexibility index (Phi) is 4.41. The summed E-state index contributed by atoms with van der Waals surface area (Å²) in [5, 5.41) is 9.88. The van der Waals surface area contributed by atoms with Crippen LogP contribution in [0.1, 0.15) is 65.2 Å². The normalized spacial score (nSPS) is 20.2. The molecule has 3 nitrogen and oxygen atoms in total. The molecule has 2 aliphatic rings. The van der Waals surface area contributed by atoms with Gasteiger partial charge >= 0.3 is 5.97 Å². The first-order valence-electron chi connectivity index (χ1n) is 8.52. The van der Waals surface area contributed by atoms with Gasteiger partial charge in [-0.1, -0.05) is 19.4 Å². The molecule has 23 heavy (non-hydrogen) atoms. The van der Waals surface area contributed by atoms with Gasteiger partial charge in [-0.15, -0.1) is 11.3 Å². The van der Waals surface area contributed by atoms with Gasteiger partial charge in [0.05, 0.1) is 5.56 Å². The van der Waals surface area contributed by atoms with Crippen LogP contribution in [0.15, 0.2) is 5.57 Å². The van der Waals surface area contributed by atoms with Crippen LogP contribution < -0.4 is 0 Å². The first kappa shape index (κ1) is 16.7. The molecule has 126 valence electrons. The van der Waals surface area contributed by atoms with Gasteiger partial charge in [-0.25, -0.2) is 4.79 Å². The fraction of sp³-hybridized carbons (Fsp3) is 0.632. The quantitative estimate of drug-likeness (QED) is 0.884. The van der Waals surface area contributed by atoms with Crippen LogP contribution in [-0.4, -0.2) is 36.6 Å². The topological polar surface area (TPSA) is 40.5 Å². The minimum Gasteiger partial charge on any atom is -0.478 e. The second kappa shape index (κ2) is 6.06. The van der Waals surface area contributed by atoms with E-state index in [4.69, 9.17) is 0 Å². The van der Waals surface area contributed by atoms with Crippen molar-refractivity contribution in [1.82, 2.24) is 4.90 Å². The number of hydrogen-bond donors (Lipinski definition) is 1. The lowest BCUT2D eigenvalue weighted by Crippen LogP contribution is -2.22. The summed E-state index contributed by atoms with van der Waals surface area (Å²) in [6, 6.07) is 0. The van der Waals surface area contributed by atoms with Gasteiger partial charge in [-0.05, 0) is 69.2 Å². The predicted molar refractivity (Wildman–Crippen MR) is 96.4 cm³/mol. The van der Waals surface area contributed by atoms with Crippen LogP contribution >= 0.6 is 11.3 Å². The zero-order chi connectivity index (χ0) is 16.8. The highest BCUT2D eigenvalue weighted by Gasteiger charge is 2.34. The smallest absolute Gasteiger partial charge is 0.337 e. The van der Waals surface area contributed by atoms with Crippen LogP contribution in [-0.2, 0) is 12.8 Å². The average Bonchev–Trinajstić information content (AvgIpc) is 3.00. The van der Waals surface area contributed by atoms with E-state index in [0.717, 1.165) is 55.5 Å². The van der Waals surface area contributed by atoms with Crippen LogP contribution in [0, 0.1) is 5.41 Å². The summed E-state index contributed by atoms with van der Waals surface area (Å²) < 4.78 is 0. The molecule has 0 aromatic carbocycles. The standard InChI is InChI=1S/C19H27NO2S/c1-19(2)9-8-15-14(10-19)16(18(21)22)17(23-15)13-7-5-6-12(13)11-20(3)4/h5-11H2,1-4H3,(H,21,22). The lowest BCUT2D eigenvalue weighted by Gasteiger charge is -2.29. The van der Waals surface area contributed by atoms with Gasteiger partial charge < -0.3 is 10.0 Å². The number of carbonyl (C=O) groups is 1. The van der Waals surface area contributed by atoms with Crippen molar-refractivity contribution in [1.29, 1.82) is 0 Å². The summed E-state index contributed by atoms with van der Waals surface area (Å²) in [4.78, 5) is 16.6. The monoisotopic (exact) mass is 333 g/mol. The molecule has 1 aromatic heterocycles. The van der Waals surface area contributed by atoms with E-state index in [2.05, 4.69) is 32.8 Å². The molecule has 0 fully saturated rings. The van der Waals surface area contributed by atoms with Gasteiger partial charge in [0, 0.05) is 16.3 Å². The maximum atomic E-state index is 12.0. The van der Waals surface area contributed by atoms with Gasteiger partial charge in [-0.2, -0.15) is 0 Å². The van der Waals surface area contributed by atoms with E-state index < -0.39 is 5.97 Å². The predicted octanol–water partition coefficient (Wildman–Crippen LogP) is 4.46. The van der Waals surface area contributed by atoms with Crippen LogP contribution in [0.4, 0.5) is 0 Å². The van der Waals surface area contributed by atoms with Crippen molar-refractivity contribution in [2.75, 3.05) is 20.6 Å². The number of thiophene rings is 1. The number of hydrogen-bond acceptors (Lipinski definition) is 3. The van der Waals surface area contributed by atoms with Crippen LogP contribution in [0.25, 0.3) is 5.57 Å². The molecule has 3 rings (SSSR count). The van der Waals surface area contributed by atoms with Crippen LogP contribution in [0.3, 0.4) is 0 Å². The summed E-state index contributed by atoms with van der Waals surface area (Å²) in [5.41, 5.74) is 4.72. The van der Waals surface area contributed by atoms with Crippen molar-refractivity contribution in [2.24, 2.45) is 5.41 Å². The number of carboxylic acid groups (broad SMARTS) is 1. The maximum Gasteiger partial charge on any atom is 0.337 e. The number of likely N-dealkylation sites (N-methyl/N-ethyl adjacent to an activating group) is 1. The van der Waals surface area contributed by atoms with Crippen LogP contribution in [0.2, 0.25) is 0 Å². The third-order valence-electron chi connectivity index (χ3n) is 5.10. The Bertz CT molecular complexity index is 667. The highest BCUT2D eigenvalue weighted by molar-refractivity contribution is 7.13. The van der Waals surface area contributed by atoms with E-state index in [1.165, 1.54) is 16.0 Å². The molecule has 1 aromatic rings. The highest BCUT2D eigenvalue weighted by atomic mass is 32.1. The van der Waals surface area contributed by atoms with Gasteiger partial charge in [0.2, 0.25) is 0 Å². The number of fused-ring (bicyclic) bond motifs is 1. The molecule has 2 aliphatic carbocycles. The third kappa shape index (κ3) is 3.24. The molecule has 0 atom stereocenters. The minimum absolute atomic E-state index is 0.214. The van der Waals surface area contributed by atoms with Crippen molar-refractivity contribution < 1.29 is 9.90 Å². The SMILES string of the molecule is CN(C)CC1=C(c2sc3c(c2C(=O)O)CC(C)(C)CC3)CCC1. The number of aromatic carboxylic acids is 1. The summed E-state index contributed by atoms with van der Waals surface area (Å²) >= 11 is 1.76. The molecule has 0 aliphatic heterocycles. The fourth-order valence-electron chi connectivity index (χ4n) is 4.00. The molecule has 0 amide bonds. The zero-order valence-electron chi connectivity index (χ0n) is 14.7. The van der Waals surface area contributed by atoms with E-state index in [-0.39, 0.29) is 5.41 Å². The Balaban J connectivity index is 2.10. The molecule has 0 radical (unpaired) electrons. The van der Waals surface area contributed by atoms with Crippen molar-refractivity contribution in [3.05, 3.63) is 26.5 Å². The molecule has 0 saturated heterocycles. The Labute approximate surface area is 143 Å². The van der Waals surface area contributed by atoms with Gasteiger partial charge in [0.1, 0.15) is 0 Å². The number of aryl methyl sites for hydroxylation is 1. The first-order valence-corrected chi connectivity index (χ1v) is 9.34. The van der Waals surface area contributed by atoms with E-state index in [0.29, 0.717) is 5.56 Å². The molecule has 1 heterocycles. The molecule has 1 N–H and O–H groups in total. The second-order valence-electron chi connectivity index (χ2n) is 8.03. The molecule has 4 heteroatoms. The van der Waals surface area contributed by atoms with E-state index >= 15 is 0 Å². The lowest BCUT2D eigenvalue weighted by atomic mass is 9.76. The summed E-state index contributed by atoms with van der Waals surface area (Å²) in [5.74, 6) is -0.737. The van der Waals surface area contributed by atoms with Crippen molar-refractivity contribution in [3.63, 3.8) is 0 Å². The lowest BCUT2D eigenvalue weighted by molar-refractivity contribution is 0.0695. The number of rotatable bonds is 4. The molecule has 0 bridgehead atoms. The van der Waals surface area contributed by atoms with E-state index in [9.17, 15) is 9.90 Å². The zero-order valence-corrected chi connectivity index (χ0v) is 15.5. The van der Waals surface area contributed by atoms with Gasteiger partial charge in [0.25, 0.3) is 0 Å². The average molecular weight is 333 g/mol. The Morgan fingerprint density at radius 2 is 2.00 bits per heavy atom. The highest BCUT2D eigenvalue weighted by Crippen LogP contribution is 2.46. The first-order chi connectivity index (χ1) is 10.8. The van der Waals surface area contributed by atoms with Crippen molar-refractivity contribution in [3.8, 4) is 0 Å². The molecule has 0 spiro atoms. The molecular formula is C19H27NO2S. The summed E-state index contributed by atoms with van der Waals surface area (Å²) in [6.07, 6.45) is 6.39. The molecule has 0 saturated carbocycles.